The SMILES string of the molecule is Cc1cc(Cl)c(N)cc1S(=O)(=O)NC1CCOC(C)(C)C1. The maximum atomic E-state index is 12.5. The first-order chi connectivity index (χ1) is 9.61. The summed E-state index contributed by atoms with van der Waals surface area (Å²) in [5, 5.41) is 0.360. The van der Waals surface area contributed by atoms with E-state index in [0.29, 0.717) is 30.0 Å². The van der Waals surface area contributed by atoms with Crippen molar-refractivity contribution in [3.05, 3.63) is 22.7 Å². The highest BCUT2D eigenvalue weighted by Gasteiger charge is 2.32. The molecule has 1 fully saturated rings. The van der Waals surface area contributed by atoms with Gasteiger partial charge in [0.15, 0.2) is 0 Å². The Morgan fingerprint density at radius 1 is 1.43 bits per heavy atom. The van der Waals surface area contributed by atoms with Gasteiger partial charge in [-0.3, -0.25) is 0 Å². The number of aryl methyl sites for hydroxylation is 1. The van der Waals surface area contributed by atoms with Crippen molar-refractivity contribution in [1.29, 1.82) is 0 Å². The number of nitrogen functional groups attached to an aromatic ring is 1. The monoisotopic (exact) mass is 332 g/mol. The number of hydrogen-bond donors (Lipinski definition) is 2. The number of hydrogen-bond acceptors (Lipinski definition) is 4. The second-order valence-electron chi connectivity index (χ2n) is 6.06. The third-order valence-corrected chi connectivity index (χ3v) is 5.59. The average molecular weight is 333 g/mol. The Bertz CT molecular complexity index is 644. The Morgan fingerprint density at radius 2 is 2.10 bits per heavy atom. The summed E-state index contributed by atoms with van der Waals surface area (Å²) >= 11 is 5.91. The van der Waals surface area contributed by atoms with E-state index in [1.807, 2.05) is 13.8 Å². The van der Waals surface area contributed by atoms with Crippen molar-refractivity contribution in [3.63, 3.8) is 0 Å². The van der Waals surface area contributed by atoms with Crippen molar-refractivity contribution in [3.8, 4) is 0 Å². The topological polar surface area (TPSA) is 81.4 Å². The van der Waals surface area contributed by atoms with Gasteiger partial charge < -0.3 is 10.5 Å². The maximum Gasteiger partial charge on any atom is 0.241 e. The number of sulfonamides is 1. The molecule has 3 N–H and O–H groups in total. The van der Waals surface area contributed by atoms with Crippen LogP contribution in [-0.2, 0) is 14.8 Å². The number of anilines is 1. The summed E-state index contributed by atoms with van der Waals surface area (Å²) in [7, 11) is -3.62. The van der Waals surface area contributed by atoms with Crippen LogP contribution in [0, 0.1) is 6.92 Å². The van der Waals surface area contributed by atoms with Crippen LogP contribution in [0.4, 0.5) is 5.69 Å². The molecule has 1 unspecified atom stereocenters. The van der Waals surface area contributed by atoms with Crippen LogP contribution >= 0.6 is 11.6 Å². The Labute approximate surface area is 130 Å². The van der Waals surface area contributed by atoms with Gasteiger partial charge >= 0.3 is 0 Å². The minimum Gasteiger partial charge on any atom is -0.397 e. The molecule has 1 aromatic rings. The first-order valence-corrected chi connectivity index (χ1v) is 8.69. The third kappa shape index (κ3) is 3.88. The summed E-state index contributed by atoms with van der Waals surface area (Å²) < 4.78 is 33.4. The zero-order valence-corrected chi connectivity index (χ0v) is 14.0. The molecule has 1 aromatic carbocycles. The molecule has 0 radical (unpaired) electrons. The quantitative estimate of drug-likeness (QED) is 0.833. The van der Waals surface area contributed by atoms with Crippen LogP contribution in [0.3, 0.4) is 0 Å². The molecule has 0 saturated carbocycles. The second-order valence-corrected chi connectivity index (χ2v) is 8.15. The highest BCUT2D eigenvalue weighted by Crippen LogP contribution is 2.28. The van der Waals surface area contributed by atoms with E-state index < -0.39 is 10.0 Å². The predicted molar refractivity (Wildman–Crippen MR) is 84.0 cm³/mol. The highest BCUT2D eigenvalue weighted by atomic mass is 35.5. The van der Waals surface area contributed by atoms with E-state index in [4.69, 9.17) is 22.1 Å². The van der Waals surface area contributed by atoms with E-state index >= 15 is 0 Å². The zero-order valence-electron chi connectivity index (χ0n) is 12.4. The minimum atomic E-state index is -3.62. The average Bonchev–Trinajstić information content (AvgIpc) is 2.31. The number of benzene rings is 1. The van der Waals surface area contributed by atoms with Gasteiger partial charge in [0.2, 0.25) is 10.0 Å². The largest absolute Gasteiger partial charge is 0.397 e. The molecule has 118 valence electrons. The molecule has 0 bridgehead atoms. The second kappa shape index (κ2) is 5.76. The minimum absolute atomic E-state index is 0.143. The maximum absolute atomic E-state index is 12.5. The van der Waals surface area contributed by atoms with E-state index in [-0.39, 0.29) is 22.2 Å². The van der Waals surface area contributed by atoms with Crippen LogP contribution < -0.4 is 10.5 Å². The Kier molecular flexibility index (Phi) is 4.54. The van der Waals surface area contributed by atoms with Crippen LogP contribution in [0.2, 0.25) is 5.02 Å². The van der Waals surface area contributed by atoms with Crippen molar-refractivity contribution in [2.24, 2.45) is 0 Å². The fraction of sp³-hybridized carbons (Fsp3) is 0.571. The number of halogens is 1. The van der Waals surface area contributed by atoms with Gasteiger partial charge in [0, 0.05) is 12.6 Å². The number of ether oxygens (including phenoxy) is 1. The Balaban J connectivity index is 2.25. The Morgan fingerprint density at radius 3 is 2.71 bits per heavy atom. The molecule has 1 saturated heterocycles. The lowest BCUT2D eigenvalue weighted by Gasteiger charge is -2.35. The van der Waals surface area contributed by atoms with Crippen LogP contribution in [0.1, 0.15) is 32.3 Å². The van der Waals surface area contributed by atoms with Crippen molar-refractivity contribution in [1.82, 2.24) is 4.72 Å². The van der Waals surface area contributed by atoms with Crippen molar-refractivity contribution < 1.29 is 13.2 Å². The summed E-state index contributed by atoms with van der Waals surface area (Å²) in [4.78, 5) is 0.175. The Hall–Kier alpha value is -0.820. The fourth-order valence-corrected chi connectivity index (χ4v) is 4.32. The highest BCUT2D eigenvalue weighted by molar-refractivity contribution is 7.89. The summed E-state index contributed by atoms with van der Waals surface area (Å²) in [6.07, 6.45) is 1.29. The molecule has 0 aromatic heterocycles. The first kappa shape index (κ1) is 16.5. The van der Waals surface area contributed by atoms with Gasteiger partial charge in [-0.05, 0) is 51.3 Å². The van der Waals surface area contributed by atoms with Crippen molar-refractivity contribution in [2.75, 3.05) is 12.3 Å². The normalized spacial score (nSPS) is 22.2. The fourth-order valence-electron chi connectivity index (χ4n) is 2.57. The predicted octanol–water partition coefficient (Wildman–Crippen LogP) is 2.47. The molecule has 0 spiro atoms. The third-order valence-electron chi connectivity index (χ3n) is 3.60. The molecule has 7 heteroatoms. The van der Waals surface area contributed by atoms with E-state index in [1.54, 1.807) is 13.0 Å². The van der Waals surface area contributed by atoms with Gasteiger partial charge in [-0.25, -0.2) is 13.1 Å². The van der Waals surface area contributed by atoms with Crippen LogP contribution in [0.5, 0.6) is 0 Å². The van der Waals surface area contributed by atoms with Gasteiger partial charge in [0.25, 0.3) is 0 Å². The standard InChI is InChI=1S/C14H21ClN2O3S/c1-9-6-11(15)12(16)7-13(9)21(18,19)17-10-4-5-20-14(2,3)8-10/h6-7,10,17H,4-5,8,16H2,1-3H3. The van der Waals surface area contributed by atoms with E-state index in [2.05, 4.69) is 4.72 Å². The molecule has 21 heavy (non-hydrogen) atoms. The molecule has 1 aliphatic heterocycles. The van der Waals surface area contributed by atoms with Gasteiger partial charge in [-0.15, -0.1) is 0 Å². The molecule has 1 aliphatic rings. The molecule has 5 nitrogen and oxygen atoms in total. The molecular weight excluding hydrogens is 312 g/mol. The van der Waals surface area contributed by atoms with Gasteiger partial charge in [0.1, 0.15) is 0 Å². The summed E-state index contributed by atoms with van der Waals surface area (Å²) in [6.45, 7) is 6.16. The molecule has 0 aliphatic carbocycles. The number of nitrogens with one attached hydrogen (secondary N) is 1. The molecule has 1 atom stereocenters. The lowest BCUT2D eigenvalue weighted by Crippen LogP contribution is -2.45. The van der Waals surface area contributed by atoms with Crippen LogP contribution in [0.25, 0.3) is 0 Å². The van der Waals surface area contributed by atoms with Crippen LogP contribution in [-0.4, -0.2) is 26.7 Å². The van der Waals surface area contributed by atoms with Gasteiger partial charge in [-0.2, -0.15) is 0 Å². The zero-order chi connectivity index (χ0) is 15.8. The molecule has 1 heterocycles. The van der Waals surface area contributed by atoms with Crippen molar-refractivity contribution in [2.45, 2.75) is 50.2 Å². The number of rotatable bonds is 3. The lowest BCUT2D eigenvalue weighted by molar-refractivity contribution is -0.0599. The molecular formula is C14H21ClN2O3S. The first-order valence-electron chi connectivity index (χ1n) is 6.83. The summed E-state index contributed by atoms with van der Waals surface area (Å²) in [5.74, 6) is 0. The van der Waals surface area contributed by atoms with Gasteiger partial charge in [0.05, 0.1) is 21.2 Å². The van der Waals surface area contributed by atoms with Crippen molar-refractivity contribution >= 4 is 27.3 Å². The smallest absolute Gasteiger partial charge is 0.241 e. The van der Waals surface area contributed by atoms with E-state index in [0.717, 1.165) is 0 Å². The lowest BCUT2D eigenvalue weighted by atomic mass is 9.95. The van der Waals surface area contributed by atoms with E-state index in [9.17, 15) is 8.42 Å². The van der Waals surface area contributed by atoms with E-state index in [1.165, 1.54) is 6.07 Å². The summed E-state index contributed by atoms with van der Waals surface area (Å²) in [5.41, 5.74) is 6.23. The summed E-state index contributed by atoms with van der Waals surface area (Å²) in [6, 6.07) is 2.83. The number of nitrogens with two attached hydrogens (primary N) is 1. The van der Waals surface area contributed by atoms with Crippen LogP contribution in [0.15, 0.2) is 17.0 Å². The molecule has 2 rings (SSSR count). The van der Waals surface area contributed by atoms with Gasteiger partial charge in [-0.1, -0.05) is 11.6 Å². The molecule has 0 amide bonds.